The van der Waals surface area contributed by atoms with Gasteiger partial charge in [-0.3, -0.25) is 4.79 Å². The van der Waals surface area contributed by atoms with Crippen LogP contribution in [-0.4, -0.2) is 26.5 Å². The van der Waals surface area contributed by atoms with Crippen LogP contribution in [0.3, 0.4) is 0 Å². The molecule has 116 valence electrons. The van der Waals surface area contributed by atoms with Gasteiger partial charge in [0.15, 0.2) is 0 Å². The molecule has 0 fully saturated rings. The van der Waals surface area contributed by atoms with Crippen LogP contribution in [0.2, 0.25) is 0 Å². The summed E-state index contributed by atoms with van der Waals surface area (Å²) in [6.07, 6.45) is 6.61. The van der Waals surface area contributed by atoms with Gasteiger partial charge in [0.05, 0.1) is 6.26 Å². The number of anilines is 1. The van der Waals surface area contributed by atoms with Crippen molar-refractivity contribution in [3.05, 3.63) is 60.1 Å². The summed E-state index contributed by atoms with van der Waals surface area (Å²) in [5.41, 5.74) is 2.48. The Hall–Kier alpha value is -2.49. The number of rotatable bonds is 7. The molecular weight excluding hydrogens is 276 g/mol. The summed E-state index contributed by atoms with van der Waals surface area (Å²) in [7, 11) is 4.06. The van der Waals surface area contributed by atoms with Crippen LogP contribution in [0.4, 0.5) is 5.69 Å². The third kappa shape index (κ3) is 5.13. The molecule has 0 saturated carbocycles. The molecule has 0 bridgehead atoms. The zero-order valence-corrected chi connectivity index (χ0v) is 13.1. The molecule has 1 aromatic heterocycles. The smallest absolute Gasteiger partial charge is 0.244 e. The van der Waals surface area contributed by atoms with Crippen molar-refractivity contribution in [2.24, 2.45) is 0 Å². The average Bonchev–Trinajstić information content (AvgIpc) is 3.03. The topological polar surface area (TPSA) is 45.5 Å². The van der Waals surface area contributed by atoms with Crippen LogP contribution in [0.1, 0.15) is 17.7 Å². The van der Waals surface area contributed by atoms with E-state index in [2.05, 4.69) is 34.5 Å². The third-order valence-corrected chi connectivity index (χ3v) is 3.34. The number of hydrogen-bond acceptors (Lipinski definition) is 3. The van der Waals surface area contributed by atoms with Gasteiger partial charge in [-0.1, -0.05) is 12.1 Å². The molecule has 0 aliphatic carbocycles. The zero-order valence-electron chi connectivity index (χ0n) is 13.1. The molecule has 0 unspecified atom stereocenters. The second kappa shape index (κ2) is 8.08. The predicted molar refractivity (Wildman–Crippen MR) is 89.8 cm³/mol. The van der Waals surface area contributed by atoms with Crippen LogP contribution in [-0.2, 0) is 11.2 Å². The van der Waals surface area contributed by atoms with Crippen LogP contribution < -0.4 is 10.2 Å². The molecule has 0 spiro atoms. The first-order valence-electron chi connectivity index (χ1n) is 7.41. The van der Waals surface area contributed by atoms with Crippen LogP contribution in [0.25, 0.3) is 6.08 Å². The van der Waals surface area contributed by atoms with Crippen LogP contribution in [0, 0.1) is 0 Å². The molecule has 1 amide bonds. The van der Waals surface area contributed by atoms with Crippen molar-refractivity contribution in [1.82, 2.24) is 5.32 Å². The van der Waals surface area contributed by atoms with E-state index in [-0.39, 0.29) is 5.91 Å². The fraction of sp³-hybridized carbons (Fsp3) is 0.278. The molecule has 22 heavy (non-hydrogen) atoms. The average molecular weight is 298 g/mol. The number of nitrogens with zero attached hydrogens (tertiary/aromatic N) is 1. The molecule has 4 nitrogen and oxygen atoms in total. The molecule has 2 aromatic rings. The lowest BCUT2D eigenvalue weighted by Gasteiger charge is -2.12. The van der Waals surface area contributed by atoms with E-state index in [0.29, 0.717) is 12.3 Å². The van der Waals surface area contributed by atoms with E-state index in [1.165, 1.54) is 17.3 Å². The lowest BCUT2D eigenvalue weighted by molar-refractivity contribution is -0.116. The summed E-state index contributed by atoms with van der Waals surface area (Å²) < 4.78 is 5.12. The summed E-state index contributed by atoms with van der Waals surface area (Å²) in [6.45, 7) is 0.663. The fourth-order valence-electron chi connectivity index (χ4n) is 2.07. The number of benzene rings is 1. The van der Waals surface area contributed by atoms with Crippen LogP contribution in [0.15, 0.2) is 53.2 Å². The van der Waals surface area contributed by atoms with Crippen LogP contribution >= 0.6 is 0 Å². The minimum atomic E-state index is -0.0978. The first-order valence-corrected chi connectivity index (χ1v) is 7.41. The standard InChI is InChI=1S/C18H22N2O2/c1-20(2)16-9-7-15(8-10-16)5-3-13-19-18(21)12-11-17-6-4-14-22-17/h4,6-12,14H,3,5,13H2,1-2H3,(H,19,21)/b12-11+. The Bertz CT molecular complexity index is 599. The molecule has 4 heteroatoms. The molecule has 1 N–H and O–H groups in total. The number of carbonyl (C=O) groups is 1. The molecule has 0 aliphatic heterocycles. The molecule has 0 atom stereocenters. The van der Waals surface area contributed by atoms with Gasteiger partial charge < -0.3 is 14.6 Å². The number of carbonyl (C=O) groups excluding carboxylic acids is 1. The number of amides is 1. The van der Waals surface area contributed by atoms with Gasteiger partial charge >= 0.3 is 0 Å². The highest BCUT2D eigenvalue weighted by Gasteiger charge is 1.98. The first kappa shape index (κ1) is 15.9. The maximum atomic E-state index is 11.6. The van der Waals surface area contributed by atoms with Crippen molar-refractivity contribution in [2.45, 2.75) is 12.8 Å². The Morgan fingerprint density at radius 3 is 2.64 bits per heavy atom. The quantitative estimate of drug-likeness (QED) is 0.631. The van der Waals surface area contributed by atoms with E-state index in [9.17, 15) is 4.79 Å². The van der Waals surface area contributed by atoms with E-state index in [0.717, 1.165) is 12.8 Å². The predicted octanol–water partition coefficient (Wildman–Crippen LogP) is 3.11. The Morgan fingerprint density at radius 2 is 2.00 bits per heavy atom. The number of nitrogens with one attached hydrogen (secondary N) is 1. The molecule has 0 aliphatic rings. The molecular formula is C18H22N2O2. The largest absolute Gasteiger partial charge is 0.465 e. The summed E-state index contributed by atoms with van der Waals surface area (Å²) in [5, 5.41) is 2.87. The van der Waals surface area contributed by atoms with Gasteiger partial charge in [0, 0.05) is 32.4 Å². The van der Waals surface area contributed by atoms with Crippen molar-refractivity contribution in [3.63, 3.8) is 0 Å². The lowest BCUT2D eigenvalue weighted by Crippen LogP contribution is -2.22. The van der Waals surface area contributed by atoms with Crippen molar-refractivity contribution < 1.29 is 9.21 Å². The van der Waals surface area contributed by atoms with Crippen molar-refractivity contribution in [3.8, 4) is 0 Å². The second-order valence-electron chi connectivity index (χ2n) is 5.30. The zero-order chi connectivity index (χ0) is 15.8. The SMILES string of the molecule is CN(C)c1ccc(CCCNC(=O)/C=C/c2ccco2)cc1. The van der Waals surface area contributed by atoms with E-state index >= 15 is 0 Å². The van der Waals surface area contributed by atoms with Crippen molar-refractivity contribution in [1.29, 1.82) is 0 Å². The maximum Gasteiger partial charge on any atom is 0.244 e. The highest BCUT2D eigenvalue weighted by atomic mass is 16.3. The molecule has 1 heterocycles. The molecule has 0 saturated heterocycles. The first-order chi connectivity index (χ1) is 10.6. The number of aryl methyl sites for hydroxylation is 1. The minimum Gasteiger partial charge on any atom is -0.465 e. The van der Waals surface area contributed by atoms with Gasteiger partial charge in [0.25, 0.3) is 0 Å². The highest BCUT2D eigenvalue weighted by Crippen LogP contribution is 2.13. The van der Waals surface area contributed by atoms with Gasteiger partial charge in [-0.05, 0) is 48.7 Å². The van der Waals surface area contributed by atoms with E-state index in [1.807, 2.05) is 14.1 Å². The Balaban J connectivity index is 1.67. The van der Waals surface area contributed by atoms with Crippen molar-refractivity contribution >= 4 is 17.7 Å². The summed E-state index contributed by atoms with van der Waals surface area (Å²) in [4.78, 5) is 13.7. The molecule has 1 aromatic carbocycles. The van der Waals surface area contributed by atoms with Gasteiger partial charge in [-0.15, -0.1) is 0 Å². The summed E-state index contributed by atoms with van der Waals surface area (Å²) in [5.74, 6) is 0.579. The lowest BCUT2D eigenvalue weighted by atomic mass is 10.1. The fourth-order valence-corrected chi connectivity index (χ4v) is 2.07. The maximum absolute atomic E-state index is 11.6. The molecule has 2 rings (SSSR count). The summed E-state index contributed by atoms with van der Waals surface area (Å²) in [6, 6.07) is 12.1. The van der Waals surface area contributed by atoms with Gasteiger partial charge in [-0.25, -0.2) is 0 Å². The Morgan fingerprint density at radius 1 is 1.23 bits per heavy atom. The normalized spacial score (nSPS) is 10.8. The monoisotopic (exact) mass is 298 g/mol. The Kier molecular flexibility index (Phi) is 5.83. The van der Waals surface area contributed by atoms with Gasteiger partial charge in [0.2, 0.25) is 5.91 Å². The number of hydrogen-bond donors (Lipinski definition) is 1. The van der Waals surface area contributed by atoms with Crippen molar-refractivity contribution in [2.75, 3.05) is 25.5 Å². The number of furan rings is 1. The molecule has 0 radical (unpaired) electrons. The second-order valence-corrected chi connectivity index (χ2v) is 5.30. The van der Waals surface area contributed by atoms with E-state index in [1.54, 1.807) is 24.5 Å². The highest BCUT2D eigenvalue weighted by molar-refractivity contribution is 5.91. The Labute approximate surface area is 131 Å². The van der Waals surface area contributed by atoms with Gasteiger partial charge in [-0.2, -0.15) is 0 Å². The van der Waals surface area contributed by atoms with Crippen LogP contribution in [0.5, 0.6) is 0 Å². The van der Waals surface area contributed by atoms with E-state index in [4.69, 9.17) is 4.42 Å². The van der Waals surface area contributed by atoms with E-state index < -0.39 is 0 Å². The minimum absolute atomic E-state index is 0.0978. The third-order valence-electron chi connectivity index (χ3n) is 3.34. The van der Waals surface area contributed by atoms with Gasteiger partial charge in [0.1, 0.15) is 5.76 Å². The summed E-state index contributed by atoms with van der Waals surface area (Å²) >= 11 is 0.